The number of hydrogen-bond donors (Lipinski definition) is 2. The number of nitrogens with zero attached hydrogens (tertiary/aromatic N) is 3. The summed E-state index contributed by atoms with van der Waals surface area (Å²) >= 11 is 0. The average Bonchev–Trinajstić information content (AvgIpc) is 3.12. The Morgan fingerprint density at radius 2 is 1.89 bits per heavy atom. The summed E-state index contributed by atoms with van der Waals surface area (Å²) in [5.41, 5.74) is 9.04. The van der Waals surface area contributed by atoms with Crippen molar-refractivity contribution in [2.45, 2.75) is 32.7 Å². The van der Waals surface area contributed by atoms with Crippen LogP contribution in [0.15, 0.2) is 35.3 Å². The van der Waals surface area contributed by atoms with Crippen molar-refractivity contribution in [2.75, 3.05) is 36.5 Å². The van der Waals surface area contributed by atoms with Gasteiger partial charge in [0.05, 0.1) is 19.8 Å². The number of aliphatic imine (C=N–C) groups is 1. The number of aryl methyl sites for hydroxylation is 1. The molecule has 0 saturated carbocycles. The molecule has 0 amide bonds. The summed E-state index contributed by atoms with van der Waals surface area (Å²) in [6.07, 6.45) is 3.34. The van der Waals surface area contributed by atoms with Crippen molar-refractivity contribution in [1.82, 2.24) is 4.98 Å². The van der Waals surface area contributed by atoms with E-state index in [0.29, 0.717) is 25.7 Å². The number of ether oxygens (including phenoxy) is 2. The highest BCUT2D eigenvalue weighted by atomic mass is 16.5. The highest BCUT2D eigenvalue weighted by molar-refractivity contribution is 5.92. The fourth-order valence-electron chi connectivity index (χ4n) is 3.53. The van der Waals surface area contributed by atoms with Crippen LogP contribution in [-0.4, -0.2) is 37.2 Å². The Kier molecular flexibility index (Phi) is 5.50. The highest BCUT2D eigenvalue weighted by Gasteiger charge is 2.14. The summed E-state index contributed by atoms with van der Waals surface area (Å²) in [7, 11) is 0. The maximum Gasteiger partial charge on any atom is 0.193 e. The van der Waals surface area contributed by atoms with E-state index in [1.54, 1.807) is 0 Å². The molecule has 0 atom stereocenters. The quantitative estimate of drug-likeness (QED) is 0.625. The van der Waals surface area contributed by atoms with Crippen LogP contribution in [-0.2, 0) is 6.54 Å². The van der Waals surface area contributed by atoms with E-state index in [9.17, 15) is 0 Å². The third-order valence-electron chi connectivity index (χ3n) is 4.88. The standard InChI is InChI=1S/C21H27N5O2/c1-15-11-16(12-20(24-15)26-7-2-3-8-26)14-23-21(22)25-17-5-6-18-19(13-17)28-10-4-9-27-18/h5-6,11-13H,2-4,7-10,14H2,1H3,(H3,22,23,25). The molecule has 28 heavy (non-hydrogen) atoms. The predicted octanol–water partition coefficient (Wildman–Crippen LogP) is 3.08. The lowest BCUT2D eigenvalue weighted by Crippen LogP contribution is -2.22. The first-order valence-corrected chi connectivity index (χ1v) is 9.86. The smallest absolute Gasteiger partial charge is 0.193 e. The largest absolute Gasteiger partial charge is 0.490 e. The SMILES string of the molecule is Cc1cc(CN=C(N)Nc2ccc3c(c2)OCCCO3)cc(N2CCCC2)n1. The van der Waals surface area contributed by atoms with E-state index >= 15 is 0 Å². The molecule has 0 unspecified atom stereocenters. The van der Waals surface area contributed by atoms with E-state index < -0.39 is 0 Å². The van der Waals surface area contributed by atoms with Gasteiger partial charge in [-0.1, -0.05) is 0 Å². The van der Waals surface area contributed by atoms with Crippen molar-refractivity contribution in [3.8, 4) is 11.5 Å². The van der Waals surface area contributed by atoms with Gasteiger partial charge in [0, 0.05) is 37.0 Å². The summed E-state index contributed by atoms with van der Waals surface area (Å²) < 4.78 is 11.4. The number of nitrogens with one attached hydrogen (secondary N) is 1. The van der Waals surface area contributed by atoms with Crippen LogP contribution in [0.2, 0.25) is 0 Å². The number of fused-ring (bicyclic) bond motifs is 1. The van der Waals surface area contributed by atoms with Gasteiger partial charge in [0.1, 0.15) is 5.82 Å². The molecular weight excluding hydrogens is 354 g/mol. The zero-order valence-corrected chi connectivity index (χ0v) is 16.3. The Bertz CT molecular complexity index is 862. The van der Waals surface area contributed by atoms with Gasteiger partial charge >= 0.3 is 0 Å². The molecule has 7 heteroatoms. The number of pyridine rings is 1. The maximum atomic E-state index is 6.10. The first-order chi connectivity index (χ1) is 13.7. The predicted molar refractivity (Wildman–Crippen MR) is 111 cm³/mol. The van der Waals surface area contributed by atoms with E-state index in [-0.39, 0.29) is 0 Å². The van der Waals surface area contributed by atoms with Gasteiger partial charge in [-0.3, -0.25) is 0 Å². The van der Waals surface area contributed by atoms with E-state index in [1.165, 1.54) is 12.8 Å². The van der Waals surface area contributed by atoms with Crippen molar-refractivity contribution >= 4 is 17.5 Å². The van der Waals surface area contributed by atoms with E-state index in [4.69, 9.17) is 15.2 Å². The van der Waals surface area contributed by atoms with Crippen LogP contribution >= 0.6 is 0 Å². The molecule has 1 fully saturated rings. The van der Waals surface area contributed by atoms with Gasteiger partial charge in [0.15, 0.2) is 17.5 Å². The molecule has 2 aromatic rings. The van der Waals surface area contributed by atoms with E-state index in [0.717, 1.165) is 53.8 Å². The molecule has 2 aliphatic rings. The second kappa shape index (κ2) is 8.37. The number of benzene rings is 1. The van der Waals surface area contributed by atoms with Crippen molar-refractivity contribution in [2.24, 2.45) is 10.7 Å². The lowest BCUT2D eigenvalue weighted by atomic mass is 10.2. The normalized spacial score (nSPS) is 16.8. The second-order valence-electron chi connectivity index (χ2n) is 7.21. The van der Waals surface area contributed by atoms with Crippen molar-refractivity contribution in [3.63, 3.8) is 0 Å². The third-order valence-corrected chi connectivity index (χ3v) is 4.88. The fourth-order valence-corrected chi connectivity index (χ4v) is 3.53. The van der Waals surface area contributed by atoms with Gasteiger partial charge in [-0.05, 0) is 49.6 Å². The molecule has 1 aromatic carbocycles. The first-order valence-electron chi connectivity index (χ1n) is 9.86. The van der Waals surface area contributed by atoms with Gasteiger partial charge < -0.3 is 25.4 Å². The van der Waals surface area contributed by atoms with Gasteiger partial charge in [-0.25, -0.2) is 9.98 Å². The van der Waals surface area contributed by atoms with Crippen molar-refractivity contribution in [3.05, 3.63) is 41.6 Å². The van der Waals surface area contributed by atoms with Crippen molar-refractivity contribution in [1.29, 1.82) is 0 Å². The lowest BCUT2D eigenvalue weighted by Gasteiger charge is -2.17. The number of aromatic nitrogens is 1. The molecule has 2 aliphatic heterocycles. The summed E-state index contributed by atoms with van der Waals surface area (Å²) in [6.45, 7) is 6.01. The zero-order valence-electron chi connectivity index (χ0n) is 16.3. The van der Waals surface area contributed by atoms with Gasteiger partial charge in [-0.15, -0.1) is 0 Å². The molecular formula is C21H27N5O2. The first kappa shape index (κ1) is 18.4. The number of hydrogen-bond acceptors (Lipinski definition) is 5. The molecule has 0 bridgehead atoms. The maximum absolute atomic E-state index is 6.10. The summed E-state index contributed by atoms with van der Waals surface area (Å²) in [5.74, 6) is 2.90. The Hall–Kier alpha value is -2.96. The zero-order chi connectivity index (χ0) is 19.3. The van der Waals surface area contributed by atoms with Crippen LogP contribution in [0, 0.1) is 6.92 Å². The van der Waals surface area contributed by atoms with Crippen LogP contribution in [0.4, 0.5) is 11.5 Å². The topological polar surface area (TPSA) is 85.0 Å². The number of anilines is 2. The molecule has 3 N–H and O–H groups in total. The van der Waals surface area contributed by atoms with Gasteiger partial charge in [0.25, 0.3) is 0 Å². The van der Waals surface area contributed by atoms with Crippen LogP contribution in [0.5, 0.6) is 11.5 Å². The van der Waals surface area contributed by atoms with Crippen molar-refractivity contribution < 1.29 is 9.47 Å². The summed E-state index contributed by atoms with van der Waals surface area (Å²) in [6, 6.07) is 9.88. The number of nitrogens with two attached hydrogens (primary N) is 1. The monoisotopic (exact) mass is 381 g/mol. The lowest BCUT2D eigenvalue weighted by molar-refractivity contribution is 0.297. The molecule has 3 heterocycles. The van der Waals surface area contributed by atoms with E-state index in [1.807, 2.05) is 25.1 Å². The Balaban J connectivity index is 1.43. The van der Waals surface area contributed by atoms with Crippen LogP contribution in [0.1, 0.15) is 30.5 Å². The molecule has 1 saturated heterocycles. The van der Waals surface area contributed by atoms with Gasteiger partial charge in [0.2, 0.25) is 0 Å². The van der Waals surface area contributed by atoms with Crippen LogP contribution in [0.3, 0.4) is 0 Å². The third kappa shape index (κ3) is 4.47. The minimum Gasteiger partial charge on any atom is -0.490 e. The minimum absolute atomic E-state index is 0.367. The molecule has 148 valence electrons. The highest BCUT2D eigenvalue weighted by Crippen LogP contribution is 2.32. The van der Waals surface area contributed by atoms with Crippen LogP contribution in [0.25, 0.3) is 0 Å². The molecule has 0 radical (unpaired) electrons. The summed E-state index contributed by atoms with van der Waals surface area (Å²) in [4.78, 5) is 11.5. The molecule has 1 aromatic heterocycles. The second-order valence-corrected chi connectivity index (χ2v) is 7.21. The average molecular weight is 381 g/mol. The molecule has 0 spiro atoms. The Morgan fingerprint density at radius 1 is 1.11 bits per heavy atom. The molecule has 7 nitrogen and oxygen atoms in total. The Labute approximate surface area is 165 Å². The number of rotatable bonds is 4. The Morgan fingerprint density at radius 3 is 2.71 bits per heavy atom. The molecule has 4 rings (SSSR count). The summed E-state index contributed by atoms with van der Waals surface area (Å²) in [5, 5.41) is 3.13. The van der Waals surface area contributed by atoms with E-state index in [2.05, 4.69) is 32.3 Å². The minimum atomic E-state index is 0.367. The van der Waals surface area contributed by atoms with Gasteiger partial charge in [-0.2, -0.15) is 0 Å². The van der Waals surface area contributed by atoms with Crippen LogP contribution < -0.4 is 25.4 Å². The number of guanidine groups is 1. The fraction of sp³-hybridized carbons (Fsp3) is 0.429. The molecule has 0 aliphatic carbocycles.